The summed E-state index contributed by atoms with van der Waals surface area (Å²) in [6, 6.07) is 12.2. The number of aliphatic hydroxyl groups excluding tert-OH is 3. The molecule has 1 aromatic carbocycles. The number of hydrogen-bond donors (Lipinski definition) is 3. The molecule has 0 spiro atoms. The van der Waals surface area contributed by atoms with Crippen molar-refractivity contribution in [2.45, 2.75) is 43.0 Å². The fourth-order valence-electron chi connectivity index (χ4n) is 3.63. The molecule has 4 rings (SSSR count). The van der Waals surface area contributed by atoms with Gasteiger partial charge in [0.05, 0.1) is 18.0 Å². The first kappa shape index (κ1) is 19.5. The average molecular weight is 403 g/mol. The lowest BCUT2D eigenvalue weighted by atomic mass is 10.1. The van der Waals surface area contributed by atoms with Crippen molar-refractivity contribution >= 4 is 17.4 Å². The first-order valence-corrected chi connectivity index (χ1v) is 10.8. The van der Waals surface area contributed by atoms with Crippen molar-refractivity contribution in [2.75, 3.05) is 23.7 Å². The Balaban J connectivity index is 1.40. The van der Waals surface area contributed by atoms with Gasteiger partial charge in [-0.1, -0.05) is 12.1 Å². The number of pyridine rings is 1. The first-order valence-electron chi connectivity index (χ1n) is 9.76. The summed E-state index contributed by atoms with van der Waals surface area (Å²) in [5.41, 5.74) is 2.52. The van der Waals surface area contributed by atoms with Crippen LogP contribution in [0.4, 0.5) is 5.69 Å². The maximum absolute atomic E-state index is 10.1. The smallest absolute Gasteiger partial charge is 0.173 e. The number of aromatic nitrogens is 1. The molecule has 0 bridgehead atoms. The molecule has 150 valence electrons. The Morgan fingerprint density at radius 2 is 1.68 bits per heavy atom. The molecule has 28 heavy (non-hydrogen) atoms. The van der Waals surface area contributed by atoms with Crippen LogP contribution in [0, 0.1) is 0 Å². The van der Waals surface area contributed by atoms with Gasteiger partial charge in [-0.3, -0.25) is 4.98 Å². The van der Waals surface area contributed by atoms with E-state index in [-0.39, 0.29) is 0 Å². The van der Waals surface area contributed by atoms with Crippen LogP contribution in [-0.4, -0.2) is 62.9 Å². The molecule has 3 heterocycles. The lowest BCUT2D eigenvalue weighted by Crippen LogP contribution is -2.50. The van der Waals surface area contributed by atoms with Crippen LogP contribution in [0.3, 0.4) is 0 Å². The number of thioether (sulfide) groups is 1. The van der Waals surface area contributed by atoms with Gasteiger partial charge in [-0.15, -0.1) is 11.8 Å². The van der Waals surface area contributed by atoms with E-state index in [9.17, 15) is 15.3 Å². The molecule has 2 fully saturated rings. The molecule has 2 saturated heterocycles. The predicted molar refractivity (Wildman–Crippen MR) is 111 cm³/mol. The van der Waals surface area contributed by atoms with Crippen molar-refractivity contribution in [3.63, 3.8) is 0 Å². The van der Waals surface area contributed by atoms with Gasteiger partial charge in [-0.25, -0.2) is 0 Å². The molecule has 0 amide bonds. The van der Waals surface area contributed by atoms with E-state index in [1.54, 1.807) is 6.20 Å². The predicted octanol–water partition coefficient (Wildman–Crippen LogP) is 2.27. The molecule has 7 heteroatoms. The van der Waals surface area contributed by atoms with E-state index in [0.29, 0.717) is 11.5 Å². The molecule has 2 aliphatic rings. The average Bonchev–Trinajstić information content (AvgIpc) is 2.75. The fourth-order valence-corrected chi connectivity index (χ4v) is 4.75. The summed E-state index contributed by atoms with van der Waals surface area (Å²) in [6.07, 6.45) is 2.19. The first-order chi connectivity index (χ1) is 13.6. The molecule has 3 N–H and O–H groups in total. The van der Waals surface area contributed by atoms with Crippen LogP contribution >= 0.6 is 11.8 Å². The fraction of sp³-hybridized carbons (Fsp3) is 0.476. The van der Waals surface area contributed by atoms with Gasteiger partial charge < -0.3 is 25.0 Å². The zero-order valence-electron chi connectivity index (χ0n) is 15.6. The maximum atomic E-state index is 10.1. The van der Waals surface area contributed by atoms with Gasteiger partial charge in [0.2, 0.25) is 0 Å². The summed E-state index contributed by atoms with van der Waals surface area (Å²) in [5.74, 6) is 0.839. The van der Waals surface area contributed by atoms with Crippen molar-refractivity contribution in [1.29, 1.82) is 0 Å². The van der Waals surface area contributed by atoms with Crippen LogP contribution in [0.1, 0.15) is 19.3 Å². The number of ether oxygens (including phenoxy) is 1. The van der Waals surface area contributed by atoms with Crippen LogP contribution in [0.25, 0.3) is 11.3 Å². The van der Waals surface area contributed by atoms with Crippen LogP contribution in [0.15, 0.2) is 42.6 Å². The van der Waals surface area contributed by atoms with Crippen LogP contribution in [0.5, 0.6) is 5.75 Å². The zero-order valence-corrected chi connectivity index (χ0v) is 16.5. The number of rotatable bonds is 4. The Hall–Kier alpha value is -1.80. The van der Waals surface area contributed by atoms with Crippen molar-refractivity contribution in [2.24, 2.45) is 0 Å². The van der Waals surface area contributed by atoms with Crippen molar-refractivity contribution < 1.29 is 20.1 Å². The van der Waals surface area contributed by atoms with E-state index in [1.807, 2.05) is 12.1 Å². The second kappa shape index (κ2) is 8.69. The lowest BCUT2D eigenvalue weighted by molar-refractivity contribution is -0.0786. The Morgan fingerprint density at radius 1 is 0.929 bits per heavy atom. The quantitative estimate of drug-likeness (QED) is 0.723. The van der Waals surface area contributed by atoms with Crippen molar-refractivity contribution in [1.82, 2.24) is 4.98 Å². The van der Waals surface area contributed by atoms with Gasteiger partial charge in [0, 0.05) is 30.1 Å². The van der Waals surface area contributed by atoms with E-state index in [4.69, 9.17) is 4.74 Å². The molecule has 6 nitrogen and oxygen atoms in total. The SMILES string of the molecule is O[C@@H]1[C@@H](O)[C@@H](Oc2ccc(-c3ccc(N4CCCCC4)cc3)nc2)SC[C@H]1O. The third-order valence-corrected chi connectivity index (χ3v) is 6.56. The van der Waals surface area contributed by atoms with Crippen LogP contribution < -0.4 is 9.64 Å². The molecule has 0 unspecified atom stereocenters. The molecule has 0 aliphatic carbocycles. The summed E-state index contributed by atoms with van der Waals surface area (Å²) in [7, 11) is 0. The number of benzene rings is 1. The molecule has 1 aromatic heterocycles. The third-order valence-electron chi connectivity index (χ3n) is 5.33. The molecule has 2 aliphatic heterocycles. The Bertz CT molecular complexity index is 765. The highest BCUT2D eigenvalue weighted by molar-refractivity contribution is 7.99. The van der Waals surface area contributed by atoms with Gasteiger partial charge in [0.1, 0.15) is 18.0 Å². The molecule has 2 aromatic rings. The number of aliphatic hydroxyl groups is 3. The minimum absolute atomic E-state index is 0.317. The monoisotopic (exact) mass is 402 g/mol. The highest BCUT2D eigenvalue weighted by atomic mass is 32.2. The summed E-state index contributed by atoms with van der Waals surface area (Å²) in [5, 5.41) is 29.4. The third kappa shape index (κ3) is 4.27. The van der Waals surface area contributed by atoms with E-state index in [1.165, 1.54) is 36.7 Å². The van der Waals surface area contributed by atoms with Crippen molar-refractivity contribution in [3.8, 4) is 17.0 Å². The Labute approximate surface area is 169 Å². The minimum atomic E-state index is -1.20. The van der Waals surface area contributed by atoms with Gasteiger partial charge in [0.15, 0.2) is 5.44 Å². The molecule has 4 atom stereocenters. The maximum Gasteiger partial charge on any atom is 0.173 e. The standard InChI is InChI=1S/C21H26N2O4S/c24-18-13-28-21(20(26)19(18)25)27-16-8-9-17(22-12-16)14-4-6-15(7-5-14)23-10-2-1-3-11-23/h4-9,12,18-21,24-26H,1-3,10-11,13H2/t18-,19+,20-,21+/m1/s1. The number of hydrogen-bond acceptors (Lipinski definition) is 7. The van der Waals surface area contributed by atoms with E-state index < -0.39 is 23.7 Å². The second-order valence-corrected chi connectivity index (χ2v) is 8.47. The van der Waals surface area contributed by atoms with Gasteiger partial charge in [-0.05, 0) is 43.5 Å². The second-order valence-electron chi connectivity index (χ2n) is 7.34. The highest BCUT2D eigenvalue weighted by Crippen LogP contribution is 2.30. The van der Waals surface area contributed by atoms with Crippen molar-refractivity contribution in [3.05, 3.63) is 42.6 Å². The van der Waals surface area contributed by atoms with Gasteiger partial charge >= 0.3 is 0 Å². The van der Waals surface area contributed by atoms with E-state index in [0.717, 1.165) is 24.3 Å². The summed E-state index contributed by atoms with van der Waals surface area (Å²) in [4.78, 5) is 6.90. The summed E-state index contributed by atoms with van der Waals surface area (Å²) >= 11 is 1.28. The van der Waals surface area contributed by atoms with Crippen LogP contribution in [0.2, 0.25) is 0 Å². The molecule has 0 saturated carbocycles. The Kier molecular flexibility index (Phi) is 6.06. The number of anilines is 1. The summed E-state index contributed by atoms with van der Waals surface area (Å²) in [6.45, 7) is 2.25. The lowest BCUT2D eigenvalue weighted by Gasteiger charge is -2.34. The van der Waals surface area contributed by atoms with Crippen LogP contribution in [-0.2, 0) is 0 Å². The number of piperidine rings is 1. The summed E-state index contributed by atoms with van der Waals surface area (Å²) < 4.78 is 5.75. The van der Waals surface area contributed by atoms with E-state index in [2.05, 4.69) is 34.1 Å². The molecular formula is C21H26N2O4S. The minimum Gasteiger partial charge on any atom is -0.475 e. The Morgan fingerprint density at radius 3 is 2.36 bits per heavy atom. The number of nitrogens with zero attached hydrogens (tertiary/aromatic N) is 2. The molecule has 0 radical (unpaired) electrons. The molecular weight excluding hydrogens is 376 g/mol. The van der Waals surface area contributed by atoms with E-state index >= 15 is 0 Å². The largest absolute Gasteiger partial charge is 0.475 e. The topological polar surface area (TPSA) is 86.0 Å². The van der Waals surface area contributed by atoms with Gasteiger partial charge in [0.25, 0.3) is 0 Å². The van der Waals surface area contributed by atoms with Gasteiger partial charge in [-0.2, -0.15) is 0 Å². The highest BCUT2D eigenvalue weighted by Gasteiger charge is 2.38. The zero-order chi connectivity index (χ0) is 19.5. The normalized spacial score (nSPS) is 28.2.